The molecule has 0 unspecified atom stereocenters. The SMILES string of the molecule is O=C(N[C@@H](Cc1ccc(OCc2ccc([N+](=O)[O-])cc2)cc1)C(=O)NS(=O)(=O)c1ccc(Cl)c([N+](=O)[O-])c1)c1cn(Cc2ccc(-c3ccccc3)cc2)c2ccccc12. The molecule has 0 aliphatic carbocycles. The number of amides is 2. The molecule has 0 bridgehead atoms. The molecule has 0 radical (unpaired) electrons. The number of carbonyl (C=O) groups is 2. The number of nitrogens with zero attached hydrogens (tertiary/aromatic N) is 3. The van der Waals surface area contributed by atoms with Gasteiger partial charge >= 0.3 is 0 Å². The number of nitrogens with one attached hydrogen (secondary N) is 2. The molecule has 1 aromatic heterocycles. The highest BCUT2D eigenvalue weighted by Gasteiger charge is 2.29. The van der Waals surface area contributed by atoms with E-state index in [9.17, 15) is 38.2 Å². The molecule has 0 saturated carbocycles. The van der Waals surface area contributed by atoms with Crippen molar-refractivity contribution in [3.8, 4) is 16.9 Å². The van der Waals surface area contributed by atoms with E-state index in [1.54, 1.807) is 54.7 Å². The van der Waals surface area contributed by atoms with Gasteiger partial charge in [0.25, 0.3) is 33.2 Å². The maximum atomic E-state index is 14.2. The van der Waals surface area contributed by atoms with Crippen LogP contribution in [0.4, 0.5) is 11.4 Å². The van der Waals surface area contributed by atoms with E-state index in [0.717, 1.165) is 40.4 Å². The highest BCUT2D eigenvalue weighted by molar-refractivity contribution is 7.90. The summed E-state index contributed by atoms with van der Waals surface area (Å²) in [5.74, 6) is -1.30. The molecule has 0 spiro atoms. The van der Waals surface area contributed by atoms with Crippen LogP contribution in [0.15, 0.2) is 157 Å². The number of carbonyl (C=O) groups excluding carboxylic acids is 2. The van der Waals surface area contributed by atoms with E-state index >= 15 is 0 Å². The third-order valence-corrected chi connectivity index (χ3v) is 11.3. The fraction of sp³-hybridized carbons (Fsp3) is 0.0909. The van der Waals surface area contributed by atoms with Gasteiger partial charge in [-0.15, -0.1) is 0 Å². The molecule has 1 heterocycles. The molecule has 60 heavy (non-hydrogen) atoms. The van der Waals surface area contributed by atoms with Gasteiger partial charge in [-0.25, -0.2) is 13.1 Å². The fourth-order valence-electron chi connectivity index (χ4n) is 6.53. The molecule has 0 aliphatic heterocycles. The maximum Gasteiger partial charge on any atom is 0.289 e. The number of fused-ring (bicyclic) bond motifs is 1. The number of nitro groups is 2. The number of hydrogen-bond donors (Lipinski definition) is 2. The van der Waals surface area contributed by atoms with Crippen molar-refractivity contribution in [2.45, 2.75) is 30.5 Å². The average molecular weight is 844 g/mol. The number of benzene rings is 6. The molecule has 2 amide bonds. The molecule has 0 fully saturated rings. The van der Waals surface area contributed by atoms with Gasteiger partial charge in [0.2, 0.25) is 0 Å². The Morgan fingerprint density at radius 3 is 2.05 bits per heavy atom. The van der Waals surface area contributed by atoms with Crippen LogP contribution in [-0.4, -0.2) is 40.7 Å². The number of ether oxygens (including phenoxy) is 1. The number of halogens is 1. The Hall–Kier alpha value is -7.36. The zero-order chi connectivity index (χ0) is 42.4. The van der Waals surface area contributed by atoms with Crippen molar-refractivity contribution in [1.82, 2.24) is 14.6 Å². The quantitative estimate of drug-likeness (QED) is 0.0755. The number of hydrogen-bond acceptors (Lipinski definition) is 9. The number of non-ortho nitro benzene ring substituents is 1. The van der Waals surface area contributed by atoms with Gasteiger partial charge in [0.15, 0.2) is 0 Å². The molecular formula is C44H34ClN5O9S. The summed E-state index contributed by atoms with van der Waals surface area (Å²) < 4.78 is 36.5. The van der Waals surface area contributed by atoms with Crippen LogP contribution in [0.1, 0.15) is 27.0 Å². The third-order valence-electron chi connectivity index (χ3n) is 9.64. The highest BCUT2D eigenvalue weighted by atomic mass is 35.5. The van der Waals surface area contributed by atoms with Crippen molar-refractivity contribution in [3.63, 3.8) is 0 Å². The molecule has 0 aliphatic rings. The van der Waals surface area contributed by atoms with Gasteiger partial charge < -0.3 is 14.6 Å². The predicted molar refractivity (Wildman–Crippen MR) is 225 cm³/mol. The molecule has 14 nitrogen and oxygen atoms in total. The van der Waals surface area contributed by atoms with Crippen LogP contribution < -0.4 is 14.8 Å². The minimum Gasteiger partial charge on any atom is -0.489 e. The predicted octanol–water partition coefficient (Wildman–Crippen LogP) is 8.25. The van der Waals surface area contributed by atoms with Crippen LogP contribution in [0.3, 0.4) is 0 Å². The van der Waals surface area contributed by atoms with Gasteiger partial charge in [-0.3, -0.25) is 29.8 Å². The lowest BCUT2D eigenvalue weighted by Crippen LogP contribution is -2.49. The Labute approximate surface area is 348 Å². The summed E-state index contributed by atoms with van der Waals surface area (Å²) in [6.45, 7) is 0.544. The van der Waals surface area contributed by atoms with Gasteiger partial charge in [-0.2, -0.15) is 0 Å². The molecular weight excluding hydrogens is 810 g/mol. The second-order valence-electron chi connectivity index (χ2n) is 13.7. The smallest absolute Gasteiger partial charge is 0.289 e. The zero-order valence-electron chi connectivity index (χ0n) is 31.4. The summed E-state index contributed by atoms with van der Waals surface area (Å²) in [7, 11) is -4.68. The zero-order valence-corrected chi connectivity index (χ0v) is 33.0. The van der Waals surface area contributed by atoms with Crippen molar-refractivity contribution in [2.24, 2.45) is 0 Å². The highest BCUT2D eigenvalue weighted by Crippen LogP contribution is 2.28. The fourth-order valence-corrected chi connectivity index (χ4v) is 7.76. The van der Waals surface area contributed by atoms with Gasteiger partial charge in [-0.05, 0) is 70.3 Å². The number of aromatic nitrogens is 1. The lowest BCUT2D eigenvalue weighted by Gasteiger charge is -2.19. The molecule has 0 saturated heterocycles. The Balaban J connectivity index is 1.13. The van der Waals surface area contributed by atoms with Gasteiger partial charge in [0, 0.05) is 48.3 Å². The topological polar surface area (TPSA) is 193 Å². The van der Waals surface area contributed by atoms with Crippen LogP contribution in [-0.2, 0) is 34.4 Å². The minimum absolute atomic E-state index is 0.0492. The Bertz CT molecular complexity index is 2830. The Morgan fingerprint density at radius 2 is 1.37 bits per heavy atom. The summed E-state index contributed by atoms with van der Waals surface area (Å²) >= 11 is 5.89. The standard InChI is InChI=1S/C44H34ClN5O9S/c45-39-23-22-36(25-42(39)50(55)56)60(57,58)47-44(52)40(24-29-14-20-35(21-15-29)59-28-31-12-18-34(19-13-31)49(53)54)46-43(51)38-27-48(41-9-5-4-8-37(38)41)26-30-10-16-33(17-11-30)32-6-2-1-3-7-32/h1-23,25,27,40H,24,26,28H2,(H,46,51)(H,47,52)/t40-/m0/s1. The number of sulfonamides is 1. The largest absolute Gasteiger partial charge is 0.489 e. The van der Waals surface area contributed by atoms with Gasteiger partial charge in [-0.1, -0.05) is 96.5 Å². The number of nitro benzene ring substituents is 2. The first-order valence-corrected chi connectivity index (χ1v) is 20.2. The van der Waals surface area contributed by atoms with E-state index in [4.69, 9.17) is 16.3 Å². The molecule has 16 heteroatoms. The molecule has 7 aromatic rings. The second kappa shape index (κ2) is 17.6. The maximum absolute atomic E-state index is 14.2. The molecule has 302 valence electrons. The first-order valence-electron chi connectivity index (χ1n) is 18.3. The molecule has 2 N–H and O–H groups in total. The summed E-state index contributed by atoms with van der Waals surface area (Å²) in [5.41, 5.74) is 4.62. The van der Waals surface area contributed by atoms with Crippen LogP contribution in [0.5, 0.6) is 5.75 Å². The average Bonchev–Trinajstić information content (AvgIpc) is 3.61. The van der Waals surface area contributed by atoms with E-state index in [-0.39, 0.29) is 29.3 Å². The normalized spacial score (nSPS) is 11.8. The molecule has 1 atom stereocenters. The number of rotatable bonds is 15. The van der Waals surface area contributed by atoms with E-state index in [1.165, 1.54) is 12.1 Å². The Kier molecular flexibility index (Phi) is 12.0. The van der Waals surface area contributed by atoms with Crippen molar-refractivity contribution < 1.29 is 32.6 Å². The van der Waals surface area contributed by atoms with E-state index in [0.29, 0.717) is 28.8 Å². The summed E-state index contributed by atoms with van der Waals surface area (Å²) in [6, 6.07) is 39.1. The van der Waals surface area contributed by atoms with Crippen molar-refractivity contribution >= 4 is 55.7 Å². The van der Waals surface area contributed by atoms with Crippen LogP contribution >= 0.6 is 11.6 Å². The lowest BCUT2D eigenvalue weighted by molar-refractivity contribution is -0.385. The lowest BCUT2D eigenvalue weighted by atomic mass is 10.0. The second-order valence-corrected chi connectivity index (χ2v) is 15.8. The summed E-state index contributed by atoms with van der Waals surface area (Å²) in [6.07, 6.45) is 1.52. The van der Waals surface area contributed by atoms with E-state index in [1.807, 2.05) is 76.0 Å². The Morgan fingerprint density at radius 1 is 0.733 bits per heavy atom. The van der Waals surface area contributed by atoms with Gasteiger partial charge in [0.1, 0.15) is 23.4 Å². The minimum atomic E-state index is -4.68. The summed E-state index contributed by atoms with van der Waals surface area (Å²) in [5, 5.41) is 25.5. The van der Waals surface area contributed by atoms with Crippen LogP contribution in [0, 0.1) is 20.2 Å². The summed E-state index contributed by atoms with van der Waals surface area (Å²) in [4.78, 5) is 48.6. The van der Waals surface area contributed by atoms with Crippen molar-refractivity contribution in [2.75, 3.05) is 0 Å². The molecule has 6 aromatic carbocycles. The van der Waals surface area contributed by atoms with E-state index < -0.39 is 48.3 Å². The van der Waals surface area contributed by atoms with Crippen LogP contribution in [0.25, 0.3) is 22.0 Å². The third kappa shape index (κ3) is 9.49. The number of para-hydroxylation sites is 1. The first kappa shape index (κ1) is 40.8. The van der Waals surface area contributed by atoms with Crippen molar-refractivity contribution in [1.29, 1.82) is 0 Å². The first-order chi connectivity index (χ1) is 28.8. The van der Waals surface area contributed by atoms with Gasteiger partial charge in [0.05, 0.1) is 20.3 Å². The monoisotopic (exact) mass is 843 g/mol. The van der Waals surface area contributed by atoms with Crippen LogP contribution in [0.2, 0.25) is 5.02 Å². The molecule has 7 rings (SSSR count). The van der Waals surface area contributed by atoms with Crippen molar-refractivity contribution in [3.05, 3.63) is 199 Å². The van der Waals surface area contributed by atoms with E-state index in [2.05, 4.69) is 5.32 Å².